The lowest BCUT2D eigenvalue weighted by Gasteiger charge is -2.26. The first-order valence-electron chi connectivity index (χ1n) is 7.37. The number of rotatable bonds is 3. The van der Waals surface area contributed by atoms with Crippen molar-refractivity contribution in [3.05, 3.63) is 35.0 Å². The smallest absolute Gasteiger partial charge is 0.0501 e. The minimum atomic E-state index is 0.452. The summed E-state index contributed by atoms with van der Waals surface area (Å²) < 4.78 is 2.33. The fourth-order valence-corrected chi connectivity index (χ4v) is 3.13. The van der Waals surface area contributed by atoms with Gasteiger partial charge in [-0.05, 0) is 31.5 Å². The Balaban J connectivity index is 1.97. The van der Waals surface area contributed by atoms with Gasteiger partial charge in [0.05, 0.1) is 5.52 Å². The van der Waals surface area contributed by atoms with E-state index in [1.807, 2.05) is 6.07 Å². The molecular weight excluding hydrogens is 270 g/mol. The molecule has 108 valence electrons. The third kappa shape index (κ3) is 2.71. The van der Waals surface area contributed by atoms with E-state index in [1.54, 1.807) is 0 Å². The first-order valence-corrected chi connectivity index (χ1v) is 7.75. The molecule has 0 unspecified atom stereocenters. The van der Waals surface area contributed by atoms with E-state index in [0.717, 1.165) is 37.7 Å². The van der Waals surface area contributed by atoms with Crippen molar-refractivity contribution in [1.29, 1.82) is 0 Å². The van der Waals surface area contributed by atoms with Gasteiger partial charge in [-0.25, -0.2) is 0 Å². The van der Waals surface area contributed by atoms with Gasteiger partial charge in [0.25, 0.3) is 0 Å². The quantitative estimate of drug-likeness (QED) is 0.936. The van der Waals surface area contributed by atoms with Gasteiger partial charge in [-0.3, -0.25) is 4.90 Å². The minimum absolute atomic E-state index is 0.452. The molecule has 1 N–H and O–H groups in total. The number of hydrogen-bond acceptors (Lipinski definition) is 2. The summed E-state index contributed by atoms with van der Waals surface area (Å²) in [5.74, 6) is 0. The van der Waals surface area contributed by atoms with Crippen LogP contribution in [0.4, 0.5) is 0 Å². The second-order valence-electron chi connectivity index (χ2n) is 5.84. The molecular formula is C16H22ClN3. The maximum absolute atomic E-state index is 6.16. The van der Waals surface area contributed by atoms with Gasteiger partial charge in [0.1, 0.15) is 0 Å². The van der Waals surface area contributed by atoms with Crippen LogP contribution in [0.25, 0.3) is 10.9 Å². The Labute approximate surface area is 125 Å². The SMILES string of the molecule is CC(C)n1cc(CN2CCNCC2)c2ccc(Cl)cc21. The van der Waals surface area contributed by atoms with Crippen LogP contribution in [0.5, 0.6) is 0 Å². The van der Waals surface area contributed by atoms with Gasteiger partial charge in [-0.15, -0.1) is 0 Å². The zero-order valence-electron chi connectivity index (χ0n) is 12.2. The van der Waals surface area contributed by atoms with Gasteiger partial charge in [-0.1, -0.05) is 17.7 Å². The van der Waals surface area contributed by atoms with Crippen LogP contribution in [0.1, 0.15) is 25.5 Å². The third-order valence-corrected chi connectivity index (χ3v) is 4.27. The first kappa shape index (κ1) is 13.9. The molecule has 0 radical (unpaired) electrons. The average molecular weight is 292 g/mol. The van der Waals surface area contributed by atoms with Crippen LogP contribution in [0.3, 0.4) is 0 Å². The highest BCUT2D eigenvalue weighted by Gasteiger charge is 2.15. The second kappa shape index (κ2) is 5.76. The summed E-state index contributed by atoms with van der Waals surface area (Å²) in [5, 5.41) is 5.55. The molecule has 0 spiro atoms. The summed E-state index contributed by atoms with van der Waals surface area (Å²) in [7, 11) is 0. The number of fused-ring (bicyclic) bond motifs is 1. The molecule has 0 atom stereocenters. The lowest BCUT2D eigenvalue weighted by molar-refractivity contribution is 0.234. The van der Waals surface area contributed by atoms with Gasteiger partial charge >= 0.3 is 0 Å². The fourth-order valence-electron chi connectivity index (χ4n) is 2.96. The lowest BCUT2D eigenvalue weighted by atomic mass is 10.1. The van der Waals surface area contributed by atoms with Crippen LogP contribution in [0, 0.1) is 0 Å². The molecule has 0 bridgehead atoms. The van der Waals surface area contributed by atoms with E-state index < -0.39 is 0 Å². The minimum Gasteiger partial charge on any atom is -0.345 e. The Morgan fingerprint density at radius 1 is 1.25 bits per heavy atom. The molecule has 4 heteroatoms. The molecule has 3 rings (SSSR count). The van der Waals surface area contributed by atoms with E-state index in [0.29, 0.717) is 6.04 Å². The molecule has 0 aliphatic carbocycles. The predicted molar refractivity (Wildman–Crippen MR) is 85.5 cm³/mol. The summed E-state index contributed by atoms with van der Waals surface area (Å²) in [6.45, 7) is 9.90. The Morgan fingerprint density at radius 2 is 2.00 bits per heavy atom. The maximum Gasteiger partial charge on any atom is 0.0501 e. The topological polar surface area (TPSA) is 20.2 Å². The van der Waals surface area contributed by atoms with Crippen molar-refractivity contribution < 1.29 is 0 Å². The number of hydrogen-bond donors (Lipinski definition) is 1. The highest BCUT2D eigenvalue weighted by Crippen LogP contribution is 2.28. The normalized spacial score (nSPS) is 17.2. The number of benzene rings is 1. The second-order valence-corrected chi connectivity index (χ2v) is 6.28. The standard InChI is InChI=1S/C16H22ClN3/c1-12(2)20-11-13(10-19-7-5-18-6-8-19)15-4-3-14(17)9-16(15)20/h3-4,9,11-12,18H,5-8,10H2,1-2H3. The predicted octanol–water partition coefficient (Wildman–Crippen LogP) is 3.28. The van der Waals surface area contributed by atoms with Gasteiger partial charge in [-0.2, -0.15) is 0 Å². The van der Waals surface area contributed by atoms with Crippen LogP contribution < -0.4 is 5.32 Å². The molecule has 1 aromatic heterocycles. The van der Waals surface area contributed by atoms with Gasteiger partial charge in [0.2, 0.25) is 0 Å². The summed E-state index contributed by atoms with van der Waals surface area (Å²) in [5.41, 5.74) is 2.66. The first-order chi connectivity index (χ1) is 9.65. The van der Waals surface area contributed by atoms with Gasteiger partial charge in [0.15, 0.2) is 0 Å². The molecule has 2 heterocycles. The van der Waals surface area contributed by atoms with Crippen LogP contribution in [0.15, 0.2) is 24.4 Å². The van der Waals surface area contributed by atoms with Crippen molar-refractivity contribution in [2.24, 2.45) is 0 Å². The molecule has 1 fully saturated rings. The Bertz CT molecular complexity index is 597. The Morgan fingerprint density at radius 3 is 2.70 bits per heavy atom. The molecule has 1 aromatic carbocycles. The summed E-state index contributed by atoms with van der Waals surface area (Å²) in [4.78, 5) is 2.52. The Hall–Kier alpha value is -1.03. The zero-order valence-corrected chi connectivity index (χ0v) is 13.0. The zero-order chi connectivity index (χ0) is 14.1. The van der Waals surface area contributed by atoms with Crippen molar-refractivity contribution in [3.63, 3.8) is 0 Å². The number of nitrogens with one attached hydrogen (secondary N) is 1. The van der Waals surface area contributed by atoms with Gasteiger partial charge < -0.3 is 9.88 Å². The van der Waals surface area contributed by atoms with Crippen LogP contribution in [-0.4, -0.2) is 35.6 Å². The molecule has 1 aliphatic heterocycles. The number of piperazine rings is 1. The molecule has 0 amide bonds. The maximum atomic E-state index is 6.16. The van der Waals surface area contributed by atoms with Crippen LogP contribution in [-0.2, 0) is 6.54 Å². The summed E-state index contributed by atoms with van der Waals surface area (Å²) in [6, 6.07) is 6.69. The molecule has 2 aromatic rings. The average Bonchev–Trinajstić information content (AvgIpc) is 2.78. The molecule has 3 nitrogen and oxygen atoms in total. The molecule has 1 aliphatic rings. The largest absolute Gasteiger partial charge is 0.345 e. The molecule has 20 heavy (non-hydrogen) atoms. The number of aromatic nitrogens is 1. The molecule has 0 saturated carbocycles. The van der Waals surface area contributed by atoms with Gasteiger partial charge in [0, 0.05) is 55.4 Å². The highest BCUT2D eigenvalue weighted by molar-refractivity contribution is 6.31. The lowest BCUT2D eigenvalue weighted by Crippen LogP contribution is -2.42. The number of halogens is 1. The summed E-state index contributed by atoms with van der Waals surface area (Å²) in [6.07, 6.45) is 2.30. The van der Waals surface area contributed by atoms with Crippen LogP contribution in [0.2, 0.25) is 5.02 Å². The third-order valence-electron chi connectivity index (χ3n) is 4.04. The van der Waals surface area contributed by atoms with E-state index in [4.69, 9.17) is 11.6 Å². The van der Waals surface area contributed by atoms with E-state index in [9.17, 15) is 0 Å². The van der Waals surface area contributed by atoms with E-state index in [2.05, 4.69) is 47.0 Å². The van der Waals surface area contributed by atoms with Crippen molar-refractivity contribution in [2.75, 3.05) is 26.2 Å². The highest BCUT2D eigenvalue weighted by atomic mass is 35.5. The van der Waals surface area contributed by atoms with Crippen molar-refractivity contribution >= 4 is 22.5 Å². The van der Waals surface area contributed by atoms with Crippen molar-refractivity contribution in [2.45, 2.75) is 26.4 Å². The monoisotopic (exact) mass is 291 g/mol. The van der Waals surface area contributed by atoms with E-state index >= 15 is 0 Å². The van der Waals surface area contributed by atoms with Crippen LogP contribution >= 0.6 is 11.6 Å². The molecule has 1 saturated heterocycles. The summed E-state index contributed by atoms with van der Waals surface area (Å²) >= 11 is 6.16. The fraction of sp³-hybridized carbons (Fsp3) is 0.500. The Kier molecular flexibility index (Phi) is 4.01. The van der Waals surface area contributed by atoms with Crippen molar-refractivity contribution in [1.82, 2.24) is 14.8 Å². The van der Waals surface area contributed by atoms with E-state index in [-0.39, 0.29) is 0 Å². The number of nitrogens with zero attached hydrogens (tertiary/aromatic N) is 2. The van der Waals surface area contributed by atoms with E-state index in [1.165, 1.54) is 16.5 Å². The van der Waals surface area contributed by atoms with Crippen molar-refractivity contribution in [3.8, 4) is 0 Å².